The Bertz CT molecular complexity index is 641. The van der Waals surface area contributed by atoms with Crippen LogP contribution >= 0.6 is 0 Å². The van der Waals surface area contributed by atoms with Crippen molar-refractivity contribution < 1.29 is 9.53 Å². The lowest BCUT2D eigenvalue weighted by Crippen LogP contribution is -2.41. The molecule has 2 aromatic rings. The molecule has 1 aliphatic heterocycles. The Balaban J connectivity index is 2.01. The largest absolute Gasteiger partial charge is 0.355 e. The molecule has 2 heterocycles. The maximum Gasteiger partial charge on any atom is 0.258 e. The molecule has 1 aliphatic rings. The van der Waals surface area contributed by atoms with E-state index in [-0.39, 0.29) is 18.7 Å². The average Bonchev–Trinajstić information content (AvgIpc) is 3.17. The third-order valence-electron chi connectivity index (χ3n) is 3.47. The van der Waals surface area contributed by atoms with Gasteiger partial charge in [0.1, 0.15) is 6.23 Å². The summed E-state index contributed by atoms with van der Waals surface area (Å²) in [6, 6.07) is 5.61. The monoisotopic (exact) mass is 287 g/mol. The minimum atomic E-state index is -0.364. The number of ether oxygens (including phenoxy) is 1. The van der Waals surface area contributed by atoms with Crippen LogP contribution in [0.15, 0.2) is 30.6 Å². The highest BCUT2D eigenvalue weighted by atomic mass is 16.5. The zero-order chi connectivity index (χ0) is 14.8. The van der Waals surface area contributed by atoms with Gasteiger partial charge in [-0.05, 0) is 19.1 Å². The van der Waals surface area contributed by atoms with E-state index in [1.807, 2.05) is 25.1 Å². The summed E-state index contributed by atoms with van der Waals surface area (Å²) in [4.78, 5) is 15.9. The van der Waals surface area contributed by atoms with E-state index in [0.29, 0.717) is 24.4 Å². The van der Waals surface area contributed by atoms with E-state index in [1.165, 1.54) is 4.80 Å². The summed E-state index contributed by atoms with van der Waals surface area (Å²) in [6.45, 7) is 3.28. The Morgan fingerprint density at radius 2 is 2.19 bits per heavy atom. The van der Waals surface area contributed by atoms with Gasteiger partial charge in [0, 0.05) is 13.1 Å². The zero-order valence-electron chi connectivity index (χ0n) is 11.8. The van der Waals surface area contributed by atoms with Crippen molar-refractivity contribution in [2.45, 2.75) is 13.2 Å². The molecule has 2 N–H and O–H groups in total. The van der Waals surface area contributed by atoms with Crippen LogP contribution in [0, 0.1) is 6.92 Å². The topological polar surface area (TPSA) is 86.3 Å². The molecule has 0 bridgehead atoms. The second-order valence-corrected chi connectivity index (χ2v) is 4.90. The van der Waals surface area contributed by atoms with Crippen molar-refractivity contribution in [1.29, 1.82) is 0 Å². The summed E-state index contributed by atoms with van der Waals surface area (Å²) in [5.74, 6) is -0.112. The molecule has 1 amide bonds. The molecule has 3 rings (SSSR count). The van der Waals surface area contributed by atoms with Crippen molar-refractivity contribution in [1.82, 2.24) is 19.9 Å². The Kier molecular flexibility index (Phi) is 3.68. The Morgan fingerprint density at radius 3 is 2.90 bits per heavy atom. The number of rotatable bonds is 3. The number of hydrogen-bond donors (Lipinski definition) is 1. The second kappa shape index (κ2) is 5.63. The van der Waals surface area contributed by atoms with Gasteiger partial charge in [-0.1, -0.05) is 11.6 Å². The molecule has 7 heteroatoms. The minimum absolute atomic E-state index is 0.112. The quantitative estimate of drug-likeness (QED) is 0.879. The van der Waals surface area contributed by atoms with E-state index in [9.17, 15) is 4.79 Å². The fraction of sp³-hybridized carbons (Fsp3) is 0.357. The van der Waals surface area contributed by atoms with Crippen molar-refractivity contribution in [3.63, 3.8) is 0 Å². The van der Waals surface area contributed by atoms with Gasteiger partial charge >= 0.3 is 0 Å². The van der Waals surface area contributed by atoms with Crippen molar-refractivity contribution in [3.8, 4) is 5.69 Å². The summed E-state index contributed by atoms with van der Waals surface area (Å²) >= 11 is 0. The molecule has 110 valence electrons. The molecule has 1 aromatic carbocycles. The highest BCUT2D eigenvalue weighted by Gasteiger charge is 2.30. The highest BCUT2D eigenvalue weighted by Crippen LogP contribution is 2.20. The summed E-state index contributed by atoms with van der Waals surface area (Å²) in [7, 11) is 0. The molecule has 0 saturated carbocycles. The Hall–Kier alpha value is -2.25. The van der Waals surface area contributed by atoms with Gasteiger partial charge in [0.05, 0.1) is 30.3 Å². The van der Waals surface area contributed by atoms with Crippen LogP contribution in [0.3, 0.4) is 0 Å². The van der Waals surface area contributed by atoms with Crippen LogP contribution < -0.4 is 5.73 Å². The maximum atomic E-state index is 12.8. The standard InChI is InChI=1S/C14H17N5O2/c1-10-2-3-12(19-16-4-5-17-19)11(8-10)14(20)18-6-7-21-13(18)9-15/h2-5,8,13H,6-7,9,15H2,1H3. The van der Waals surface area contributed by atoms with E-state index in [2.05, 4.69) is 10.2 Å². The third kappa shape index (κ3) is 2.53. The Labute approximate surface area is 122 Å². The first-order valence-electron chi connectivity index (χ1n) is 6.80. The van der Waals surface area contributed by atoms with Gasteiger partial charge in [0.25, 0.3) is 5.91 Å². The molecule has 1 atom stereocenters. The Morgan fingerprint density at radius 1 is 1.43 bits per heavy atom. The van der Waals surface area contributed by atoms with E-state index >= 15 is 0 Å². The van der Waals surface area contributed by atoms with Crippen LogP contribution in [-0.2, 0) is 4.74 Å². The summed E-state index contributed by atoms with van der Waals surface area (Å²) in [6.07, 6.45) is 2.79. The predicted molar refractivity (Wildman–Crippen MR) is 75.9 cm³/mol. The molecule has 1 saturated heterocycles. The first-order valence-corrected chi connectivity index (χ1v) is 6.80. The fourth-order valence-corrected chi connectivity index (χ4v) is 2.44. The summed E-state index contributed by atoms with van der Waals surface area (Å²) < 4.78 is 5.46. The van der Waals surface area contributed by atoms with Crippen molar-refractivity contribution in [2.24, 2.45) is 5.73 Å². The second-order valence-electron chi connectivity index (χ2n) is 4.90. The summed E-state index contributed by atoms with van der Waals surface area (Å²) in [5, 5.41) is 8.21. The highest BCUT2D eigenvalue weighted by molar-refractivity contribution is 5.98. The van der Waals surface area contributed by atoms with Crippen molar-refractivity contribution >= 4 is 5.91 Å². The van der Waals surface area contributed by atoms with Gasteiger partial charge in [-0.3, -0.25) is 4.79 Å². The smallest absolute Gasteiger partial charge is 0.258 e. The number of nitrogens with zero attached hydrogens (tertiary/aromatic N) is 4. The maximum absolute atomic E-state index is 12.8. The number of hydrogen-bond acceptors (Lipinski definition) is 5. The molecule has 0 aliphatic carbocycles. The summed E-state index contributed by atoms with van der Waals surface area (Å²) in [5.41, 5.74) is 7.85. The third-order valence-corrected chi connectivity index (χ3v) is 3.47. The molecular formula is C14H17N5O2. The molecule has 0 radical (unpaired) electrons. The molecule has 1 aromatic heterocycles. The number of nitrogens with two attached hydrogens (primary N) is 1. The van der Waals surface area contributed by atoms with Crippen LogP contribution in [0.5, 0.6) is 0 Å². The predicted octanol–water partition coefficient (Wildman–Crippen LogP) is 0.333. The minimum Gasteiger partial charge on any atom is -0.355 e. The number of aryl methyl sites for hydroxylation is 1. The molecule has 21 heavy (non-hydrogen) atoms. The number of carbonyl (C=O) groups excluding carboxylic acids is 1. The first-order chi connectivity index (χ1) is 10.2. The van der Waals surface area contributed by atoms with Gasteiger partial charge in [-0.15, -0.1) is 0 Å². The van der Waals surface area contributed by atoms with E-state index in [4.69, 9.17) is 10.5 Å². The average molecular weight is 287 g/mol. The lowest BCUT2D eigenvalue weighted by Gasteiger charge is -2.23. The number of amides is 1. The van der Waals surface area contributed by atoms with Crippen LogP contribution in [0.1, 0.15) is 15.9 Å². The molecular weight excluding hydrogens is 270 g/mol. The van der Waals surface area contributed by atoms with Gasteiger partial charge in [-0.2, -0.15) is 15.0 Å². The fourth-order valence-electron chi connectivity index (χ4n) is 2.44. The lowest BCUT2D eigenvalue weighted by molar-refractivity contribution is 0.0328. The number of carbonyl (C=O) groups is 1. The van der Waals surface area contributed by atoms with Gasteiger partial charge < -0.3 is 15.4 Å². The molecule has 0 spiro atoms. The van der Waals surface area contributed by atoms with Crippen molar-refractivity contribution in [3.05, 3.63) is 41.7 Å². The van der Waals surface area contributed by atoms with E-state index in [0.717, 1.165) is 5.56 Å². The van der Waals surface area contributed by atoms with Gasteiger partial charge in [-0.25, -0.2) is 0 Å². The lowest BCUT2D eigenvalue weighted by atomic mass is 10.1. The van der Waals surface area contributed by atoms with Crippen LogP contribution in [0.4, 0.5) is 0 Å². The first kappa shape index (κ1) is 13.7. The van der Waals surface area contributed by atoms with Crippen LogP contribution in [0.25, 0.3) is 5.69 Å². The van der Waals surface area contributed by atoms with Gasteiger partial charge in [0.2, 0.25) is 0 Å². The molecule has 1 unspecified atom stereocenters. The van der Waals surface area contributed by atoms with Gasteiger partial charge in [0.15, 0.2) is 0 Å². The molecule has 7 nitrogen and oxygen atoms in total. The van der Waals surface area contributed by atoms with Crippen LogP contribution in [0.2, 0.25) is 0 Å². The number of benzene rings is 1. The number of aromatic nitrogens is 3. The van der Waals surface area contributed by atoms with E-state index in [1.54, 1.807) is 17.3 Å². The van der Waals surface area contributed by atoms with E-state index < -0.39 is 0 Å². The van der Waals surface area contributed by atoms with Crippen LogP contribution in [-0.4, -0.2) is 51.7 Å². The van der Waals surface area contributed by atoms with Crippen molar-refractivity contribution in [2.75, 3.05) is 19.7 Å². The zero-order valence-corrected chi connectivity index (χ0v) is 11.8. The normalized spacial score (nSPS) is 18.2. The SMILES string of the molecule is Cc1ccc(-n2nccn2)c(C(=O)N2CCOC2CN)c1. The molecule has 1 fully saturated rings.